The summed E-state index contributed by atoms with van der Waals surface area (Å²) in [5.74, 6) is 0. The fourth-order valence-electron chi connectivity index (χ4n) is 0.741. The molecule has 1 heterocycles. The van der Waals surface area contributed by atoms with E-state index in [1.54, 1.807) is 11.3 Å². The van der Waals surface area contributed by atoms with Crippen molar-refractivity contribution in [1.82, 2.24) is 0 Å². The van der Waals surface area contributed by atoms with Crippen LogP contribution in [-0.4, -0.2) is 0 Å². The average molecular weight is 153 g/mol. The first-order valence-electron chi connectivity index (χ1n) is 3.27. The van der Waals surface area contributed by atoms with Gasteiger partial charge in [-0.05, 0) is 18.6 Å². The molecule has 0 unspecified atom stereocenters. The Morgan fingerprint density at radius 1 is 1.70 bits per heavy atom. The van der Waals surface area contributed by atoms with Crippen molar-refractivity contribution >= 4 is 17.0 Å². The molecule has 0 aromatic carbocycles. The van der Waals surface area contributed by atoms with Crippen molar-refractivity contribution in [2.24, 2.45) is 5.73 Å². The Labute approximate surface area is 65.2 Å². The van der Waals surface area contributed by atoms with E-state index >= 15 is 0 Å². The molecular formula is C8H11NS. The Kier molecular flexibility index (Phi) is 2.12. The third kappa shape index (κ3) is 1.39. The van der Waals surface area contributed by atoms with Crippen molar-refractivity contribution in [2.45, 2.75) is 13.3 Å². The largest absolute Gasteiger partial charge is 0.398 e. The van der Waals surface area contributed by atoms with Gasteiger partial charge in [-0.25, -0.2) is 0 Å². The van der Waals surface area contributed by atoms with Crippen LogP contribution in [0.2, 0.25) is 0 Å². The molecule has 0 aliphatic carbocycles. The van der Waals surface area contributed by atoms with E-state index in [0.717, 1.165) is 11.3 Å². The van der Waals surface area contributed by atoms with Crippen LogP contribution in [0, 0.1) is 0 Å². The third-order valence-electron chi connectivity index (χ3n) is 1.33. The summed E-state index contributed by atoms with van der Waals surface area (Å²) in [6.07, 6.45) is 1.08. The van der Waals surface area contributed by atoms with Crippen molar-refractivity contribution in [3.8, 4) is 0 Å². The second kappa shape index (κ2) is 2.88. The van der Waals surface area contributed by atoms with E-state index in [0.29, 0.717) is 5.70 Å². The van der Waals surface area contributed by atoms with Crippen LogP contribution in [0.1, 0.15) is 16.7 Å². The van der Waals surface area contributed by atoms with Crippen molar-refractivity contribution in [3.63, 3.8) is 0 Å². The van der Waals surface area contributed by atoms with Gasteiger partial charge < -0.3 is 5.73 Å². The number of thiophene rings is 1. The lowest BCUT2D eigenvalue weighted by atomic mass is 10.3. The highest BCUT2D eigenvalue weighted by Gasteiger charge is 1.97. The first kappa shape index (κ1) is 7.35. The molecule has 0 radical (unpaired) electrons. The summed E-state index contributed by atoms with van der Waals surface area (Å²) in [6, 6.07) is 4.11. The van der Waals surface area contributed by atoms with Crippen LogP contribution in [0.4, 0.5) is 0 Å². The summed E-state index contributed by atoms with van der Waals surface area (Å²) in [5.41, 5.74) is 6.17. The van der Waals surface area contributed by atoms with Crippen molar-refractivity contribution in [1.29, 1.82) is 0 Å². The third-order valence-corrected chi connectivity index (χ3v) is 2.63. The van der Waals surface area contributed by atoms with Gasteiger partial charge in [0.2, 0.25) is 0 Å². The summed E-state index contributed by atoms with van der Waals surface area (Å²) in [7, 11) is 0. The molecule has 1 rings (SSSR count). The Balaban J connectivity index is 2.88. The van der Waals surface area contributed by atoms with E-state index in [4.69, 9.17) is 5.73 Å². The molecule has 0 spiro atoms. The number of hydrogen-bond donors (Lipinski definition) is 1. The number of rotatable bonds is 2. The maximum atomic E-state index is 5.50. The van der Waals surface area contributed by atoms with E-state index in [1.807, 2.05) is 6.07 Å². The number of aryl methyl sites for hydroxylation is 1. The minimum atomic E-state index is 0.671. The molecule has 1 nitrogen and oxygen atoms in total. The normalized spacial score (nSPS) is 9.70. The summed E-state index contributed by atoms with van der Waals surface area (Å²) in [4.78, 5) is 2.46. The number of hydrogen-bond acceptors (Lipinski definition) is 2. The van der Waals surface area contributed by atoms with Crippen LogP contribution in [0.25, 0.3) is 5.70 Å². The summed E-state index contributed by atoms with van der Waals surface area (Å²) in [5, 5.41) is 0. The van der Waals surface area contributed by atoms with E-state index in [1.165, 1.54) is 4.88 Å². The van der Waals surface area contributed by atoms with Gasteiger partial charge >= 0.3 is 0 Å². The smallest absolute Gasteiger partial charge is 0.0496 e. The van der Waals surface area contributed by atoms with Gasteiger partial charge in [0.25, 0.3) is 0 Å². The fourth-order valence-corrected chi connectivity index (χ4v) is 1.57. The molecule has 0 bridgehead atoms. The predicted octanol–water partition coefficient (Wildman–Crippen LogP) is 2.24. The van der Waals surface area contributed by atoms with Crippen LogP contribution >= 0.6 is 11.3 Å². The monoisotopic (exact) mass is 153 g/mol. The van der Waals surface area contributed by atoms with E-state index in [2.05, 4.69) is 19.6 Å². The van der Waals surface area contributed by atoms with Crippen molar-refractivity contribution in [3.05, 3.63) is 28.5 Å². The van der Waals surface area contributed by atoms with Gasteiger partial charge in [0.05, 0.1) is 0 Å². The molecule has 54 valence electrons. The molecule has 2 N–H and O–H groups in total. The highest BCUT2D eigenvalue weighted by atomic mass is 32.1. The highest BCUT2D eigenvalue weighted by molar-refractivity contribution is 7.13. The Bertz CT molecular complexity index is 237. The summed E-state index contributed by atoms with van der Waals surface area (Å²) in [6.45, 7) is 5.80. The van der Waals surface area contributed by atoms with Crippen LogP contribution < -0.4 is 5.73 Å². The Hall–Kier alpha value is -0.760. The van der Waals surface area contributed by atoms with Gasteiger partial charge in [-0.15, -0.1) is 11.3 Å². The second-order valence-electron chi connectivity index (χ2n) is 2.14. The molecule has 0 aliphatic rings. The quantitative estimate of drug-likeness (QED) is 0.692. The predicted molar refractivity (Wildman–Crippen MR) is 46.9 cm³/mol. The molecule has 10 heavy (non-hydrogen) atoms. The number of nitrogens with two attached hydrogens (primary N) is 1. The minimum absolute atomic E-state index is 0.671. The molecule has 0 fully saturated rings. The Morgan fingerprint density at radius 2 is 2.40 bits per heavy atom. The molecule has 0 aliphatic heterocycles. The molecule has 0 saturated heterocycles. The van der Waals surface area contributed by atoms with Gasteiger partial charge in [-0.3, -0.25) is 0 Å². The van der Waals surface area contributed by atoms with Crippen LogP contribution in [0.15, 0.2) is 18.7 Å². The standard InChI is InChI=1S/C8H11NS/c1-3-7-4-5-8(10-7)6(2)9/h4-5H,2-3,9H2,1H3. The van der Waals surface area contributed by atoms with Gasteiger partial charge in [0.1, 0.15) is 0 Å². The first-order valence-corrected chi connectivity index (χ1v) is 4.09. The maximum Gasteiger partial charge on any atom is 0.0496 e. The molecule has 1 aromatic heterocycles. The Morgan fingerprint density at radius 3 is 2.70 bits per heavy atom. The first-order chi connectivity index (χ1) is 4.74. The zero-order chi connectivity index (χ0) is 7.56. The average Bonchev–Trinajstić information content (AvgIpc) is 2.34. The summed E-state index contributed by atoms with van der Waals surface area (Å²) >= 11 is 1.72. The molecule has 2 heteroatoms. The highest BCUT2D eigenvalue weighted by Crippen LogP contribution is 2.20. The maximum absolute atomic E-state index is 5.50. The molecule has 1 aromatic rings. The zero-order valence-electron chi connectivity index (χ0n) is 6.05. The van der Waals surface area contributed by atoms with E-state index in [9.17, 15) is 0 Å². The van der Waals surface area contributed by atoms with E-state index in [-0.39, 0.29) is 0 Å². The topological polar surface area (TPSA) is 26.0 Å². The van der Waals surface area contributed by atoms with Crippen molar-refractivity contribution < 1.29 is 0 Å². The van der Waals surface area contributed by atoms with Gasteiger partial charge in [-0.2, -0.15) is 0 Å². The van der Waals surface area contributed by atoms with Crippen LogP contribution in [0.3, 0.4) is 0 Å². The second-order valence-corrected chi connectivity index (χ2v) is 3.31. The lowest BCUT2D eigenvalue weighted by Gasteiger charge is -1.89. The van der Waals surface area contributed by atoms with Gasteiger partial charge in [0.15, 0.2) is 0 Å². The molecule has 0 saturated carbocycles. The SMILES string of the molecule is C=C(N)c1ccc(CC)s1. The molecule has 0 amide bonds. The van der Waals surface area contributed by atoms with Crippen LogP contribution in [-0.2, 0) is 6.42 Å². The lowest BCUT2D eigenvalue weighted by Crippen LogP contribution is -1.88. The van der Waals surface area contributed by atoms with Crippen molar-refractivity contribution in [2.75, 3.05) is 0 Å². The van der Waals surface area contributed by atoms with Crippen LogP contribution in [0.5, 0.6) is 0 Å². The molecular weight excluding hydrogens is 142 g/mol. The fraction of sp³-hybridized carbons (Fsp3) is 0.250. The zero-order valence-corrected chi connectivity index (χ0v) is 6.87. The minimum Gasteiger partial charge on any atom is -0.398 e. The van der Waals surface area contributed by atoms with Gasteiger partial charge in [-0.1, -0.05) is 13.5 Å². The van der Waals surface area contributed by atoms with Gasteiger partial charge in [0, 0.05) is 15.5 Å². The summed E-state index contributed by atoms with van der Waals surface area (Å²) < 4.78 is 0. The van der Waals surface area contributed by atoms with E-state index < -0.39 is 0 Å². The molecule has 0 atom stereocenters. The lowest BCUT2D eigenvalue weighted by molar-refractivity contribution is 1.19.